The fourth-order valence-electron chi connectivity index (χ4n) is 4.11. The zero-order valence-corrected chi connectivity index (χ0v) is 17.0. The summed E-state index contributed by atoms with van der Waals surface area (Å²) in [6.07, 6.45) is 6.12. The van der Waals surface area contributed by atoms with Crippen LogP contribution < -0.4 is 5.32 Å². The van der Waals surface area contributed by atoms with Gasteiger partial charge in [-0.3, -0.25) is 9.69 Å². The van der Waals surface area contributed by atoms with E-state index in [9.17, 15) is 4.79 Å². The summed E-state index contributed by atoms with van der Waals surface area (Å²) >= 11 is 0. The summed E-state index contributed by atoms with van der Waals surface area (Å²) in [5.74, 6) is 0.614. The zero-order chi connectivity index (χ0) is 20.2. The SMILES string of the molecule is C=CCNC(=O)c1ccc2nc(-c3ccccc3)c(CN3CCCC(C)C3)n2c1. The number of benzene rings is 1. The van der Waals surface area contributed by atoms with E-state index < -0.39 is 0 Å². The topological polar surface area (TPSA) is 49.6 Å². The number of likely N-dealkylation sites (tertiary alicyclic amines) is 1. The fourth-order valence-corrected chi connectivity index (χ4v) is 4.11. The molecule has 3 aromatic rings. The molecular formula is C24H28N4O. The standard InChI is InChI=1S/C24H28N4O/c1-3-13-25-24(29)20-11-12-22-26-23(19-9-5-4-6-10-19)21(28(22)16-20)17-27-14-7-8-18(2)15-27/h3-6,9-12,16,18H,1,7-8,13-15,17H2,2H3,(H,25,29). The van der Waals surface area contributed by atoms with Crippen LogP contribution in [0.25, 0.3) is 16.9 Å². The lowest BCUT2D eigenvalue weighted by atomic mass is 10.00. The van der Waals surface area contributed by atoms with Gasteiger partial charge in [0.1, 0.15) is 5.65 Å². The third-order valence-electron chi connectivity index (χ3n) is 5.55. The normalized spacial score (nSPS) is 17.3. The summed E-state index contributed by atoms with van der Waals surface area (Å²) in [7, 11) is 0. The number of amides is 1. The number of carbonyl (C=O) groups is 1. The monoisotopic (exact) mass is 388 g/mol. The highest BCUT2D eigenvalue weighted by Crippen LogP contribution is 2.27. The van der Waals surface area contributed by atoms with Crippen LogP contribution in [0.2, 0.25) is 0 Å². The highest BCUT2D eigenvalue weighted by atomic mass is 16.1. The van der Waals surface area contributed by atoms with E-state index in [1.54, 1.807) is 6.08 Å². The van der Waals surface area contributed by atoms with Crippen LogP contribution in [-0.2, 0) is 6.54 Å². The van der Waals surface area contributed by atoms with Crippen LogP contribution in [0.3, 0.4) is 0 Å². The summed E-state index contributed by atoms with van der Waals surface area (Å²) in [4.78, 5) is 19.9. The Morgan fingerprint density at radius 1 is 1.28 bits per heavy atom. The first-order valence-electron chi connectivity index (χ1n) is 10.3. The number of nitrogens with one attached hydrogen (secondary N) is 1. The lowest BCUT2D eigenvalue weighted by Crippen LogP contribution is -2.34. The van der Waals surface area contributed by atoms with Gasteiger partial charge >= 0.3 is 0 Å². The van der Waals surface area contributed by atoms with E-state index in [4.69, 9.17) is 4.98 Å². The molecule has 1 amide bonds. The first-order valence-corrected chi connectivity index (χ1v) is 10.3. The van der Waals surface area contributed by atoms with E-state index in [0.717, 1.165) is 42.2 Å². The Morgan fingerprint density at radius 2 is 2.10 bits per heavy atom. The second-order valence-corrected chi connectivity index (χ2v) is 7.90. The first-order chi connectivity index (χ1) is 14.2. The van der Waals surface area contributed by atoms with E-state index in [-0.39, 0.29) is 5.91 Å². The summed E-state index contributed by atoms with van der Waals surface area (Å²) in [6, 6.07) is 14.1. The van der Waals surface area contributed by atoms with Crippen LogP contribution in [-0.4, -0.2) is 39.8 Å². The zero-order valence-electron chi connectivity index (χ0n) is 17.0. The maximum atomic E-state index is 12.5. The second kappa shape index (κ2) is 8.62. The molecule has 1 atom stereocenters. The molecule has 1 fully saturated rings. The Morgan fingerprint density at radius 3 is 2.86 bits per heavy atom. The molecule has 150 valence electrons. The van der Waals surface area contributed by atoms with E-state index >= 15 is 0 Å². The molecule has 4 rings (SSSR count). The molecule has 2 aromatic heterocycles. The van der Waals surface area contributed by atoms with Crippen molar-refractivity contribution < 1.29 is 4.79 Å². The lowest BCUT2D eigenvalue weighted by Gasteiger charge is -2.30. The molecule has 0 radical (unpaired) electrons. The smallest absolute Gasteiger partial charge is 0.253 e. The van der Waals surface area contributed by atoms with E-state index in [2.05, 4.69) is 40.3 Å². The number of hydrogen-bond acceptors (Lipinski definition) is 3. The van der Waals surface area contributed by atoms with Crippen molar-refractivity contribution in [3.05, 3.63) is 72.6 Å². The molecule has 0 bridgehead atoms. The van der Waals surface area contributed by atoms with Crippen LogP contribution in [0, 0.1) is 5.92 Å². The maximum Gasteiger partial charge on any atom is 0.253 e. The van der Waals surface area contributed by atoms with E-state index in [1.165, 1.54) is 12.8 Å². The van der Waals surface area contributed by atoms with Gasteiger partial charge in [-0.05, 0) is 37.4 Å². The Bertz CT molecular complexity index is 1010. The number of rotatable bonds is 6. The van der Waals surface area contributed by atoms with Gasteiger partial charge in [0.15, 0.2) is 0 Å². The summed E-state index contributed by atoms with van der Waals surface area (Å²) in [5.41, 5.74) is 4.73. The number of hydrogen-bond donors (Lipinski definition) is 1. The Balaban J connectivity index is 1.76. The Hall–Kier alpha value is -2.92. The number of imidazole rings is 1. The van der Waals surface area contributed by atoms with Gasteiger partial charge in [0.05, 0.1) is 17.0 Å². The molecule has 5 nitrogen and oxygen atoms in total. The highest BCUT2D eigenvalue weighted by molar-refractivity contribution is 5.94. The largest absolute Gasteiger partial charge is 0.349 e. The van der Waals surface area contributed by atoms with Gasteiger partial charge in [0, 0.05) is 31.4 Å². The van der Waals surface area contributed by atoms with Crippen molar-refractivity contribution in [2.45, 2.75) is 26.3 Å². The van der Waals surface area contributed by atoms with Crippen molar-refractivity contribution >= 4 is 11.6 Å². The molecule has 29 heavy (non-hydrogen) atoms. The second-order valence-electron chi connectivity index (χ2n) is 7.90. The van der Waals surface area contributed by atoms with Crippen molar-refractivity contribution in [3.8, 4) is 11.3 Å². The van der Waals surface area contributed by atoms with Crippen molar-refractivity contribution in [1.82, 2.24) is 19.6 Å². The molecule has 0 aliphatic carbocycles. The quantitative estimate of drug-likeness (QED) is 0.646. The molecule has 1 saturated heterocycles. The minimum Gasteiger partial charge on any atom is -0.349 e. The van der Waals surface area contributed by atoms with Crippen molar-refractivity contribution in [2.24, 2.45) is 5.92 Å². The Labute approximate surface area is 172 Å². The molecule has 3 heterocycles. The number of nitrogens with zero attached hydrogens (tertiary/aromatic N) is 3. The molecular weight excluding hydrogens is 360 g/mol. The molecule has 0 saturated carbocycles. The number of piperidine rings is 1. The summed E-state index contributed by atoms with van der Waals surface area (Å²) in [6.45, 7) is 9.46. The molecule has 1 aliphatic rings. The number of aromatic nitrogens is 2. The van der Waals surface area contributed by atoms with E-state index in [1.807, 2.05) is 36.5 Å². The van der Waals surface area contributed by atoms with Crippen molar-refractivity contribution in [1.29, 1.82) is 0 Å². The van der Waals surface area contributed by atoms with Gasteiger partial charge in [-0.2, -0.15) is 0 Å². The number of fused-ring (bicyclic) bond motifs is 1. The summed E-state index contributed by atoms with van der Waals surface area (Å²) in [5, 5.41) is 2.86. The van der Waals surface area contributed by atoms with Gasteiger partial charge < -0.3 is 9.72 Å². The van der Waals surface area contributed by atoms with Gasteiger partial charge in [-0.15, -0.1) is 6.58 Å². The molecule has 1 aromatic carbocycles. The van der Waals surface area contributed by atoms with Crippen LogP contribution >= 0.6 is 0 Å². The minimum absolute atomic E-state index is 0.0979. The molecule has 0 spiro atoms. The molecule has 1 N–H and O–H groups in total. The fraction of sp³-hybridized carbons (Fsp3) is 0.333. The average molecular weight is 389 g/mol. The summed E-state index contributed by atoms with van der Waals surface area (Å²) < 4.78 is 2.09. The molecule has 1 aliphatic heterocycles. The maximum absolute atomic E-state index is 12.5. The van der Waals surface area contributed by atoms with Gasteiger partial charge in [-0.25, -0.2) is 4.98 Å². The van der Waals surface area contributed by atoms with Crippen molar-refractivity contribution in [3.63, 3.8) is 0 Å². The predicted octanol–water partition coefficient (Wildman–Crippen LogP) is 4.15. The minimum atomic E-state index is -0.0979. The molecule has 1 unspecified atom stereocenters. The van der Waals surface area contributed by atoms with Crippen LogP contribution in [0.15, 0.2) is 61.3 Å². The number of carbonyl (C=O) groups excluding carboxylic acids is 1. The van der Waals surface area contributed by atoms with Crippen LogP contribution in [0.1, 0.15) is 35.8 Å². The third-order valence-corrected chi connectivity index (χ3v) is 5.55. The van der Waals surface area contributed by atoms with Gasteiger partial charge in [0.2, 0.25) is 0 Å². The van der Waals surface area contributed by atoms with Crippen molar-refractivity contribution in [2.75, 3.05) is 19.6 Å². The predicted molar refractivity (Wildman–Crippen MR) is 117 cm³/mol. The van der Waals surface area contributed by atoms with Gasteiger partial charge in [-0.1, -0.05) is 43.3 Å². The number of pyridine rings is 1. The van der Waals surface area contributed by atoms with Crippen LogP contribution in [0.5, 0.6) is 0 Å². The van der Waals surface area contributed by atoms with Crippen LogP contribution in [0.4, 0.5) is 0 Å². The molecule has 5 heteroatoms. The first kappa shape index (κ1) is 19.4. The highest BCUT2D eigenvalue weighted by Gasteiger charge is 2.21. The Kier molecular flexibility index (Phi) is 5.76. The average Bonchev–Trinajstić information content (AvgIpc) is 3.10. The van der Waals surface area contributed by atoms with E-state index in [0.29, 0.717) is 18.0 Å². The third kappa shape index (κ3) is 4.25. The lowest BCUT2D eigenvalue weighted by molar-refractivity contribution is 0.0957. The van der Waals surface area contributed by atoms with Gasteiger partial charge in [0.25, 0.3) is 5.91 Å².